The molecule has 2 aromatic carbocycles. The van der Waals surface area contributed by atoms with Gasteiger partial charge in [0.2, 0.25) is 0 Å². The molecule has 2 nitrogen and oxygen atoms in total. The monoisotopic (exact) mass is 351 g/mol. The van der Waals surface area contributed by atoms with E-state index in [1.165, 1.54) is 0 Å². The summed E-state index contributed by atoms with van der Waals surface area (Å²) in [6, 6.07) is 9.31. The molecule has 0 bridgehead atoms. The minimum Gasteiger partial charge on any atom is -0.321 e. The zero-order valence-corrected chi connectivity index (χ0v) is 13.9. The van der Waals surface area contributed by atoms with Crippen LogP contribution in [-0.2, 0) is 0 Å². The first-order valence-corrected chi connectivity index (χ1v) is 7.40. The summed E-state index contributed by atoms with van der Waals surface area (Å²) < 4.78 is 0.765. The Balaban J connectivity index is 2.33. The Hall–Kier alpha value is -1.32. The number of rotatable bonds is 2. The summed E-state index contributed by atoms with van der Waals surface area (Å²) in [6.07, 6.45) is 0. The number of nitrogens with one attached hydrogen (secondary N) is 1. The van der Waals surface area contributed by atoms with E-state index in [1.54, 1.807) is 18.2 Å². The number of carbonyl (C=O) groups excluding carboxylic acids is 1. The third kappa shape index (κ3) is 3.22. The maximum absolute atomic E-state index is 12.4. The Morgan fingerprint density at radius 1 is 1.10 bits per heavy atom. The number of hydrogen-bond donors (Lipinski definition) is 1. The quantitative estimate of drug-likeness (QED) is 0.782. The van der Waals surface area contributed by atoms with Crippen molar-refractivity contribution in [3.63, 3.8) is 0 Å². The van der Waals surface area contributed by atoms with Gasteiger partial charge in [0, 0.05) is 15.1 Å². The molecule has 0 aliphatic rings. The van der Waals surface area contributed by atoms with Crippen molar-refractivity contribution in [2.75, 3.05) is 5.32 Å². The molecule has 0 fully saturated rings. The standard InChI is InChI=1S/C16H15BrClNO/c1-9-6-10(2)15(11(3)7-9)16(20)19-14-5-4-12(18)8-13(14)17/h4-8H,1-3H3,(H,19,20). The van der Waals surface area contributed by atoms with Gasteiger partial charge in [0.25, 0.3) is 5.91 Å². The molecule has 0 aliphatic heterocycles. The first-order chi connectivity index (χ1) is 9.38. The average Bonchev–Trinajstić information content (AvgIpc) is 2.31. The lowest BCUT2D eigenvalue weighted by Gasteiger charge is -2.12. The molecule has 2 rings (SSSR count). The van der Waals surface area contributed by atoms with E-state index in [-0.39, 0.29) is 5.91 Å². The van der Waals surface area contributed by atoms with E-state index < -0.39 is 0 Å². The lowest BCUT2D eigenvalue weighted by molar-refractivity contribution is 0.102. The van der Waals surface area contributed by atoms with Gasteiger partial charge in [0.15, 0.2) is 0 Å². The number of carbonyl (C=O) groups is 1. The summed E-state index contributed by atoms with van der Waals surface area (Å²) in [4.78, 5) is 12.4. The fourth-order valence-corrected chi connectivity index (χ4v) is 3.10. The van der Waals surface area contributed by atoms with Gasteiger partial charge in [-0.1, -0.05) is 29.3 Å². The van der Waals surface area contributed by atoms with Crippen molar-refractivity contribution in [2.45, 2.75) is 20.8 Å². The molecule has 20 heavy (non-hydrogen) atoms. The molecule has 1 amide bonds. The van der Waals surface area contributed by atoms with Gasteiger partial charge in [-0.15, -0.1) is 0 Å². The van der Waals surface area contributed by atoms with E-state index in [0.29, 0.717) is 10.7 Å². The number of halogens is 2. The van der Waals surface area contributed by atoms with Crippen LogP contribution in [0.4, 0.5) is 5.69 Å². The Kier molecular flexibility index (Phi) is 4.51. The second kappa shape index (κ2) is 5.98. The highest BCUT2D eigenvalue weighted by atomic mass is 79.9. The summed E-state index contributed by atoms with van der Waals surface area (Å²) in [5.41, 5.74) is 4.54. The van der Waals surface area contributed by atoms with E-state index >= 15 is 0 Å². The molecule has 2 aromatic rings. The predicted octanol–water partition coefficient (Wildman–Crippen LogP) is 5.28. The smallest absolute Gasteiger partial charge is 0.256 e. The van der Waals surface area contributed by atoms with Crippen LogP contribution in [0.3, 0.4) is 0 Å². The van der Waals surface area contributed by atoms with Gasteiger partial charge in [-0.3, -0.25) is 4.79 Å². The van der Waals surface area contributed by atoms with Gasteiger partial charge >= 0.3 is 0 Å². The van der Waals surface area contributed by atoms with Crippen LogP contribution in [0.25, 0.3) is 0 Å². The number of aryl methyl sites for hydroxylation is 3. The first-order valence-electron chi connectivity index (χ1n) is 6.22. The summed E-state index contributed by atoms with van der Waals surface area (Å²) in [5, 5.41) is 3.53. The van der Waals surface area contributed by atoms with Gasteiger partial charge in [-0.25, -0.2) is 0 Å². The summed E-state index contributed by atoms with van der Waals surface area (Å²) in [5.74, 6) is -0.108. The van der Waals surface area contributed by atoms with Crippen LogP contribution >= 0.6 is 27.5 Å². The predicted molar refractivity (Wildman–Crippen MR) is 87.8 cm³/mol. The van der Waals surface area contributed by atoms with Crippen molar-refractivity contribution in [2.24, 2.45) is 0 Å². The molecule has 1 N–H and O–H groups in total. The van der Waals surface area contributed by atoms with Crippen LogP contribution in [0, 0.1) is 20.8 Å². The van der Waals surface area contributed by atoms with Crippen LogP contribution in [0.1, 0.15) is 27.0 Å². The van der Waals surface area contributed by atoms with Gasteiger partial charge in [0.1, 0.15) is 0 Å². The zero-order chi connectivity index (χ0) is 14.9. The second-order valence-electron chi connectivity index (χ2n) is 4.85. The molecule has 0 aliphatic carbocycles. The molecule has 0 aromatic heterocycles. The normalized spacial score (nSPS) is 10.4. The highest BCUT2D eigenvalue weighted by molar-refractivity contribution is 9.10. The van der Waals surface area contributed by atoms with E-state index in [0.717, 1.165) is 26.7 Å². The average molecular weight is 353 g/mol. The Morgan fingerprint density at radius 3 is 2.25 bits per heavy atom. The van der Waals surface area contributed by atoms with E-state index in [4.69, 9.17) is 11.6 Å². The van der Waals surface area contributed by atoms with E-state index in [2.05, 4.69) is 21.2 Å². The molecule has 104 valence electrons. The van der Waals surface area contributed by atoms with Crippen LogP contribution in [0.5, 0.6) is 0 Å². The molecule has 0 atom stereocenters. The summed E-state index contributed by atoms with van der Waals surface area (Å²) in [6.45, 7) is 5.93. The molecule has 4 heteroatoms. The topological polar surface area (TPSA) is 29.1 Å². The van der Waals surface area contributed by atoms with Gasteiger partial charge in [-0.05, 0) is 66.0 Å². The van der Waals surface area contributed by atoms with E-state index in [9.17, 15) is 4.79 Å². The van der Waals surface area contributed by atoms with Crippen molar-refractivity contribution in [1.82, 2.24) is 0 Å². The largest absolute Gasteiger partial charge is 0.321 e. The number of anilines is 1. The molecule has 0 radical (unpaired) electrons. The third-order valence-electron chi connectivity index (χ3n) is 3.08. The Morgan fingerprint density at radius 2 is 1.70 bits per heavy atom. The fraction of sp³-hybridized carbons (Fsp3) is 0.188. The van der Waals surface area contributed by atoms with Gasteiger partial charge < -0.3 is 5.32 Å². The number of benzene rings is 2. The van der Waals surface area contributed by atoms with Crippen LogP contribution < -0.4 is 5.32 Å². The molecule has 0 heterocycles. The molecule has 0 saturated heterocycles. The SMILES string of the molecule is Cc1cc(C)c(C(=O)Nc2ccc(Cl)cc2Br)c(C)c1. The lowest BCUT2D eigenvalue weighted by Crippen LogP contribution is -2.15. The molecule has 0 unspecified atom stereocenters. The van der Waals surface area contributed by atoms with Crippen molar-refractivity contribution >= 4 is 39.1 Å². The summed E-state index contributed by atoms with van der Waals surface area (Å²) in [7, 11) is 0. The molecule has 0 saturated carbocycles. The first kappa shape index (κ1) is 15.1. The highest BCUT2D eigenvalue weighted by Gasteiger charge is 2.14. The highest BCUT2D eigenvalue weighted by Crippen LogP contribution is 2.27. The second-order valence-corrected chi connectivity index (χ2v) is 6.14. The molecule has 0 spiro atoms. The van der Waals surface area contributed by atoms with Crippen LogP contribution in [-0.4, -0.2) is 5.91 Å². The maximum atomic E-state index is 12.4. The summed E-state index contributed by atoms with van der Waals surface area (Å²) >= 11 is 9.29. The van der Waals surface area contributed by atoms with Crippen molar-refractivity contribution in [3.8, 4) is 0 Å². The van der Waals surface area contributed by atoms with Crippen molar-refractivity contribution in [1.29, 1.82) is 0 Å². The maximum Gasteiger partial charge on any atom is 0.256 e. The molecular formula is C16H15BrClNO. The minimum atomic E-state index is -0.108. The fourth-order valence-electron chi connectivity index (χ4n) is 2.31. The number of amides is 1. The van der Waals surface area contributed by atoms with Crippen molar-refractivity contribution in [3.05, 3.63) is 62.1 Å². The lowest BCUT2D eigenvalue weighted by atomic mass is 9.99. The minimum absolute atomic E-state index is 0.108. The zero-order valence-electron chi connectivity index (χ0n) is 11.6. The van der Waals surface area contributed by atoms with Gasteiger partial charge in [0.05, 0.1) is 5.69 Å². The van der Waals surface area contributed by atoms with Crippen molar-refractivity contribution < 1.29 is 4.79 Å². The third-order valence-corrected chi connectivity index (χ3v) is 3.97. The van der Waals surface area contributed by atoms with E-state index in [1.807, 2.05) is 32.9 Å². The Labute approximate surface area is 132 Å². The van der Waals surface area contributed by atoms with Crippen LogP contribution in [0.15, 0.2) is 34.8 Å². The van der Waals surface area contributed by atoms with Gasteiger partial charge in [-0.2, -0.15) is 0 Å². The Bertz CT molecular complexity index is 659. The molecular weight excluding hydrogens is 338 g/mol. The number of hydrogen-bond acceptors (Lipinski definition) is 1. The van der Waals surface area contributed by atoms with Crippen LogP contribution in [0.2, 0.25) is 5.02 Å².